The van der Waals surface area contributed by atoms with Gasteiger partial charge in [-0.05, 0) is 18.6 Å². The van der Waals surface area contributed by atoms with Crippen LogP contribution < -0.4 is 26.5 Å². The van der Waals surface area contributed by atoms with E-state index in [1.54, 1.807) is 11.6 Å². The van der Waals surface area contributed by atoms with E-state index in [2.05, 4.69) is 15.2 Å². The zero-order valence-electron chi connectivity index (χ0n) is 17.5. The number of hydrogen-bond acceptors (Lipinski definition) is 9. The molecule has 1 aromatic carbocycles. The fourth-order valence-corrected chi connectivity index (χ4v) is 4.17. The number of nitrogens with two attached hydrogens (primary N) is 1. The molecule has 4 rings (SSSR count). The first-order valence-electron chi connectivity index (χ1n) is 9.97. The first kappa shape index (κ1) is 21.7. The van der Waals surface area contributed by atoms with Gasteiger partial charge in [-0.15, -0.1) is 10.2 Å². The number of carbonyl (C=O) groups is 1. The summed E-state index contributed by atoms with van der Waals surface area (Å²) in [5.41, 5.74) is 4.31. The summed E-state index contributed by atoms with van der Waals surface area (Å²) in [6.45, 7) is 2.44. The lowest BCUT2D eigenvalue weighted by Crippen LogP contribution is -2.36. The highest BCUT2D eigenvalue weighted by Gasteiger charge is 2.28. The number of para-hydroxylation sites is 2. The van der Waals surface area contributed by atoms with E-state index < -0.39 is 23.1 Å². The molecular formula is C20H22N6O5S. The lowest BCUT2D eigenvalue weighted by Gasteiger charge is -2.25. The fourth-order valence-electron chi connectivity index (χ4n) is 3.38. The third-order valence-corrected chi connectivity index (χ3v) is 5.98. The van der Waals surface area contributed by atoms with Crippen molar-refractivity contribution in [2.75, 3.05) is 18.1 Å². The van der Waals surface area contributed by atoms with Crippen molar-refractivity contribution < 1.29 is 14.3 Å². The number of benzene rings is 1. The predicted molar refractivity (Wildman–Crippen MR) is 117 cm³/mol. The van der Waals surface area contributed by atoms with Crippen LogP contribution in [0.15, 0.2) is 39.0 Å². The Morgan fingerprint density at radius 2 is 2.03 bits per heavy atom. The minimum atomic E-state index is -0.796. The van der Waals surface area contributed by atoms with Gasteiger partial charge in [0.05, 0.1) is 5.75 Å². The van der Waals surface area contributed by atoms with Gasteiger partial charge in [0.2, 0.25) is 0 Å². The number of thioether (sulfide) groups is 1. The molecule has 0 amide bonds. The number of nitrogens with one attached hydrogen (secondary N) is 1. The summed E-state index contributed by atoms with van der Waals surface area (Å²) in [6, 6.07) is 7.35. The number of nitrogens with zero attached hydrogens (tertiary/aromatic N) is 4. The zero-order chi connectivity index (χ0) is 22.8. The summed E-state index contributed by atoms with van der Waals surface area (Å²) >= 11 is 1.11. The Kier molecular flexibility index (Phi) is 6.04. The third-order valence-electron chi connectivity index (χ3n) is 4.96. The molecule has 3 heterocycles. The predicted octanol–water partition coefficient (Wildman–Crippen LogP) is 1.14. The minimum Gasteiger partial charge on any atom is -0.485 e. The van der Waals surface area contributed by atoms with Crippen LogP contribution in [0.3, 0.4) is 0 Å². The fraction of sp³-hybridized carbons (Fsp3) is 0.350. The van der Waals surface area contributed by atoms with Crippen molar-refractivity contribution >= 4 is 23.4 Å². The SMILES string of the molecule is CCCn1c(N)c(C(=O)CSc2nnc([C@@H]3COc4ccccc4O3)n2C)c(=O)[nH]c1=O. The van der Waals surface area contributed by atoms with Crippen molar-refractivity contribution in [3.05, 3.63) is 56.5 Å². The third kappa shape index (κ3) is 4.00. The minimum absolute atomic E-state index is 0.103. The van der Waals surface area contributed by atoms with Crippen LogP contribution in [0.2, 0.25) is 0 Å². The molecule has 0 aliphatic carbocycles. The average molecular weight is 459 g/mol. The molecule has 0 saturated heterocycles. The van der Waals surface area contributed by atoms with Crippen LogP contribution in [0.5, 0.6) is 11.5 Å². The molecule has 0 fully saturated rings. The van der Waals surface area contributed by atoms with Crippen LogP contribution in [0, 0.1) is 0 Å². The molecule has 1 aliphatic heterocycles. The molecule has 0 spiro atoms. The highest BCUT2D eigenvalue weighted by molar-refractivity contribution is 7.99. The van der Waals surface area contributed by atoms with Gasteiger partial charge in [0.25, 0.3) is 5.56 Å². The molecule has 12 heteroatoms. The molecule has 11 nitrogen and oxygen atoms in total. The number of rotatable bonds is 7. The number of anilines is 1. The Labute approximate surface area is 186 Å². The van der Waals surface area contributed by atoms with Crippen molar-refractivity contribution in [3.63, 3.8) is 0 Å². The van der Waals surface area contributed by atoms with Crippen LogP contribution in [-0.4, -0.2) is 42.5 Å². The summed E-state index contributed by atoms with van der Waals surface area (Å²) < 4.78 is 14.6. The summed E-state index contributed by atoms with van der Waals surface area (Å²) in [4.78, 5) is 39.1. The number of Topliss-reactive ketones (excluding diaryl/α,β-unsaturated/α-hetero) is 1. The smallest absolute Gasteiger partial charge is 0.329 e. The Balaban J connectivity index is 1.50. The maximum atomic E-state index is 12.7. The zero-order valence-corrected chi connectivity index (χ0v) is 18.3. The number of aromatic amines is 1. The first-order chi connectivity index (χ1) is 15.4. The second-order valence-electron chi connectivity index (χ2n) is 7.15. The van der Waals surface area contributed by atoms with E-state index in [1.807, 2.05) is 31.2 Å². The van der Waals surface area contributed by atoms with Crippen molar-refractivity contribution in [1.82, 2.24) is 24.3 Å². The van der Waals surface area contributed by atoms with Gasteiger partial charge in [0.1, 0.15) is 18.0 Å². The van der Waals surface area contributed by atoms with Gasteiger partial charge in [0.15, 0.2) is 34.4 Å². The monoisotopic (exact) mass is 458 g/mol. The molecule has 0 radical (unpaired) electrons. The van der Waals surface area contributed by atoms with E-state index in [4.69, 9.17) is 15.2 Å². The van der Waals surface area contributed by atoms with Crippen molar-refractivity contribution in [2.24, 2.45) is 7.05 Å². The number of ether oxygens (including phenoxy) is 2. The van der Waals surface area contributed by atoms with E-state index in [9.17, 15) is 14.4 Å². The second kappa shape index (κ2) is 8.91. The van der Waals surface area contributed by atoms with E-state index in [-0.39, 0.29) is 23.7 Å². The van der Waals surface area contributed by atoms with E-state index in [1.165, 1.54) is 4.57 Å². The van der Waals surface area contributed by atoms with Crippen LogP contribution in [0.25, 0.3) is 0 Å². The van der Waals surface area contributed by atoms with E-state index in [0.29, 0.717) is 35.4 Å². The van der Waals surface area contributed by atoms with Crippen LogP contribution >= 0.6 is 11.8 Å². The van der Waals surface area contributed by atoms with Crippen molar-refractivity contribution in [1.29, 1.82) is 0 Å². The molecule has 168 valence electrons. The normalized spacial score (nSPS) is 15.0. The van der Waals surface area contributed by atoms with Gasteiger partial charge in [-0.25, -0.2) is 4.79 Å². The van der Waals surface area contributed by atoms with Gasteiger partial charge >= 0.3 is 5.69 Å². The Morgan fingerprint density at radius 1 is 1.28 bits per heavy atom. The second-order valence-corrected chi connectivity index (χ2v) is 8.09. The maximum absolute atomic E-state index is 12.7. The number of fused-ring (bicyclic) bond motifs is 1. The number of ketones is 1. The topological polar surface area (TPSA) is 147 Å². The van der Waals surface area contributed by atoms with Gasteiger partial charge in [-0.3, -0.25) is 19.1 Å². The summed E-state index contributed by atoms with van der Waals surface area (Å²) in [5, 5.41) is 8.79. The largest absolute Gasteiger partial charge is 0.485 e. The molecule has 3 aromatic rings. The Morgan fingerprint density at radius 3 is 2.78 bits per heavy atom. The number of nitrogen functional groups attached to an aromatic ring is 1. The number of aromatic nitrogens is 5. The van der Waals surface area contributed by atoms with Gasteiger partial charge in [0, 0.05) is 13.6 Å². The summed E-state index contributed by atoms with van der Waals surface area (Å²) in [7, 11) is 1.76. The highest BCUT2D eigenvalue weighted by Crippen LogP contribution is 2.35. The van der Waals surface area contributed by atoms with Crippen LogP contribution in [0.1, 0.15) is 35.6 Å². The molecule has 1 atom stereocenters. The van der Waals surface area contributed by atoms with Gasteiger partial charge in [-0.2, -0.15) is 0 Å². The summed E-state index contributed by atoms with van der Waals surface area (Å²) in [6.07, 6.45) is 0.168. The lowest BCUT2D eigenvalue weighted by molar-refractivity contribution is 0.0825. The van der Waals surface area contributed by atoms with Gasteiger partial charge < -0.3 is 19.8 Å². The quantitative estimate of drug-likeness (QED) is 0.393. The molecule has 0 unspecified atom stereocenters. The molecule has 2 aromatic heterocycles. The van der Waals surface area contributed by atoms with Crippen molar-refractivity contribution in [2.45, 2.75) is 31.1 Å². The highest BCUT2D eigenvalue weighted by atomic mass is 32.2. The molecule has 0 saturated carbocycles. The van der Waals surface area contributed by atoms with Crippen molar-refractivity contribution in [3.8, 4) is 11.5 Å². The first-order valence-corrected chi connectivity index (χ1v) is 11.0. The van der Waals surface area contributed by atoms with E-state index in [0.717, 1.165) is 11.8 Å². The molecular weight excluding hydrogens is 436 g/mol. The molecule has 32 heavy (non-hydrogen) atoms. The number of carbonyl (C=O) groups excluding carboxylic acids is 1. The van der Waals surface area contributed by atoms with Crippen LogP contribution in [0.4, 0.5) is 5.82 Å². The number of hydrogen-bond donors (Lipinski definition) is 2. The molecule has 1 aliphatic rings. The Bertz CT molecular complexity index is 1280. The Hall–Kier alpha value is -3.54. The average Bonchev–Trinajstić information content (AvgIpc) is 3.15. The van der Waals surface area contributed by atoms with Gasteiger partial charge in [-0.1, -0.05) is 30.8 Å². The maximum Gasteiger partial charge on any atom is 0.329 e. The lowest BCUT2D eigenvalue weighted by atomic mass is 10.2. The standard InChI is InChI=1S/C20H22N6O5S/c1-3-8-26-16(21)15(18(28)22-19(26)29)11(27)10-32-20-24-23-17(25(20)2)14-9-30-12-6-4-5-7-13(12)31-14/h4-7,14H,3,8-10,21H2,1-2H3,(H,22,28,29)/t14-/m0/s1. The van der Waals surface area contributed by atoms with Crippen LogP contribution in [-0.2, 0) is 13.6 Å². The molecule has 0 bridgehead atoms. The number of H-pyrrole nitrogens is 1. The molecule has 3 N–H and O–H groups in total. The summed E-state index contributed by atoms with van der Waals surface area (Å²) in [5.74, 6) is 1.09. The van der Waals surface area contributed by atoms with E-state index >= 15 is 0 Å².